The summed E-state index contributed by atoms with van der Waals surface area (Å²) in [7, 11) is -4.07. The Balaban J connectivity index is 1.63. The number of ether oxygens (including phenoxy) is 2. The summed E-state index contributed by atoms with van der Waals surface area (Å²) in [5.74, 6) is -0.344. The fourth-order valence-electron chi connectivity index (χ4n) is 4.23. The van der Waals surface area contributed by atoms with Gasteiger partial charge in [-0.1, -0.05) is 56.5 Å². The van der Waals surface area contributed by atoms with Crippen LogP contribution in [0.3, 0.4) is 0 Å². The normalized spacial score (nSPS) is 20.3. The second kappa shape index (κ2) is 11.6. The van der Waals surface area contributed by atoms with Crippen LogP contribution in [0.4, 0.5) is 5.69 Å². The van der Waals surface area contributed by atoms with Gasteiger partial charge >= 0.3 is 11.9 Å². The van der Waals surface area contributed by atoms with E-state index >= 15 is 0 Å². The molecule has 190 valence electrons. The highest BCUT2D eigenvalue weighted by Crippen LogP contribution is 2.35. The molecule has 2 aromatic carbocycles. The smallest absolute Gasteiger partial charge is 0.344 e. The van der Waals surface area contributed by atoms with Crippen LogP contribution in [-0.2, 0) is 24.3 Å². The first-order valence-electron chi connectivity index (χ1n) is 11.4. The predicted octanol–water partition coefficient (Wildman–Crippen LogP) is 5.96. The van der Waals surface area contributed by atoms with Gasteiger partial charge in [0.2, 0.25) is 0 Å². The largest absolute Gasteiger partial charge is 0.460 e. The molecule has 1 aliphatic rings. The summed E-state index contributed by atoms with van der Waals surface area (Å²) in [5, 5.41) is 0.470. The summed E-state index contributed by atoms with van der Waals surface area (Å²) in [4.78, 5) is 24.7. The second-order valence-corrected chi connectivity index (χ2v) is 11.7. The summed E-state index contributed by atoms with van der Waals surface area (Å²) >= 11 is 12.0. The first kappa shape index (κ1) is 27.3. The molecule has 1 aliphatic carbocycles. The zero-order valence-corrected chi connectivity index (χ0v) is 22.1. The highest BCUT2D eigenvalue weighted by atomic mass is 35.5. The maximum Gasteiger partial charge on any atom is 0.344 e. The van der Waals surface area contributed by atoms with Gasteiger partial charge in [-0.3, -0.25) is 4.72 Å². The topological polar surface area (TPSA) is 98.8 Å². The number of carbonyl (C=O) groups is 2. The van der Waals surface area contributed by atoms with E-state index in [-0.39, 0.29) is 33.2 Å². The third-order valence-corrected chi connectivity index (χ3v) is 8.05. The number of benzene rings is 2. The monoisotopic (exact) mass is 541 g/mol. The van der Waals surface area contributed by atoms with Crippen LogP contribution in [0.5, 0.6) is 0 Å². The number of nitrogens with one attached hydrogen (secondary N) is 1. The van der Waals surface area contributed by atoms with E-state index in [9.17, 15) is 18.0 Å². The van der Waals surface area contributed by atoms with Crippen LogP contribution < -0.4 is 4.72 Å². The molecule has 35 heavy (non-hydrogen) atoms. The molecule has 3 unspecified atom stereocenters. The van der Waals surface area contributed by atoms with E-state index in [1.165, 1.54) is 36.4 Å². The lowest BCUT2D eigenvalue weighted by Crippen LogP contribution is -2.36. The minimum atomic E-state index is -4.07. The van der Waals surface area contributed by atoms with Crippen molar-refractivity contribution >= 4 is 50.9 Å². The van der Waals surface area contributed by atoms with Crippen LogP contribution in [0, 0.1) is 17.8 Å². The van der Waals surface area contributed by atoms with Gasteiger partial charge in [-0.2, -0.15) is 0 Å². The van der Waals surface area contributed by atoms with Gasteiger partial charge < -0.3 is 9.47 Å². The molecule has 0 bridgehead atoms. The molecule has 10 heteroatoms. The molecule has 3 rings (SSSR count). The van der Waals surface area contributed by atoms with Crippen molar-refractivity contribution in [2.75, 3.05) is 11.3 Å². The lowest BCUT2D eigenvalue weighted by Gasteiger charge is -2.36. The fraction of sp³-hybridized carbons (Fsp3) is 0.440. The second-order valence-electron chi connectivity index (χ2n) is 9.19. The Morgan fingerprint density at radius 2 is 1.86 bits per heavy atom. The van der Waals surface area contributed by atoms with Crippen molar-refractivity contribution in [3.63, 3.8) is 0 Å². The molecule has 0 spiro atoms. The molecule has 1 saturated carbocycles. The van der Waals surface area contributed by atoms with Crippen LogP contribution in [0.1, 0.15) is 50.4 Å². The molecular weight excluding hydrogens is 513 g/mol. The molecule has 1 N–H and O–H groups in total. The van der Waals surface area contributed by atoms with Gasteiger partial charge in [0, 0.05) is 5.02 Å². The minimum absolute atomic E-state index is 0.0239. The Morgan fingerprint density at radius 1 is 1.11 bits per heavy atom. The van der Waals surface area contributed by atoms with E-state index in [4.69, 9.17) is 32.7 Å². The summed E-state index contributed by atoms with van der Waals surface area (Å²) in [6.07, 6.45) is 2.67. The zero-order valence-electron chi connectivity index (χ0n) is 19.8. The molecule has 0 aromatic heterocycles. The number of sulfonamides is 1. The first-order chi connectivity index (χ1) is 16.5. The van der Waals surface area contributed by atoms with E-state index in [1.54, 1.807) is 0 Å². The van der Waals surface area contributed by atoms with Crippen molar-refractivity contribution in [2.24, 2.45) is 17.8 Å². The van der Waals surface area contributed by atoms with Crippen LogP contribution in [0.25, 0.3) is 0 Å². The quantitative estimate of drug-likeness (QED) is 0.414. The average molecular weight is 542 g/mol. The zero-order chi connectivity index (χ0) is 25.8. The number of anilines is 1. The maximum absolute atomic E-state index is 12.8. The van der Waals surface area contributed by atoms with Crippen molar-refractivity contribution in [2.45, 2.75) is 51.0 Å². The van der Waals surface area contributed by atoms with Crippen LogP contribution >= 0.6 is 23.2 Å². The Bertz CT molecular complexity index is 1180. The van der Waals surface area contributed by atoms with Gasteiger partial charge in [-0.05, 0) is 67.0 Å². The van der Waals surface area contributed by atoms with Crippen LogP contribution in [0.2, 0.25) is 10.0 Å². The lowest BCUT2D eigenvalue weighted by atomic mass is 9.75. The molecule has 0 aliphatic heterocycles. The molecule has 0 heterocycles. The SMILES string of the molecule is CC1CCC(C(C)C)C(OC(=O)COC(=O)c2cccc(S(=O)(=O)Nc3cc(Cl)ccc3Cl)c2)C1. The Kier molecular flexibility index (Phi) is 9.07. The Labute approximate surface area is 216 Å². The third-order valence-electron chi connectivity index (χ3n) is 6.12. The van der Waals surface area contributed by atoms with Crippen molar-refractivity contribution in [1.29, 1.82) is 0 Å². The number of hydrogen-bond acceptors (Lipinski definition) is 6. The summed E-state index contributed by atoms with van der Waals surface area (Å²) < 4.78 is 38.7. The predicted molar refractivity (Wildman–Crippen MR) is 135 cm³/mol. The number of rotatable bonds is 8. The van der Waals surface area contributed by atoms with Gasteiger partial charge in [0.1, 0.15) is 6.10 Å². The van der Waals surface area contributed by atoms with Crippen LogP contribution in [-0.4, -0.2) is 33.1 Å². The molecule has 1 fully saturated rings. The Hall–Kier alpha value is -2.29. The highest BCUT2D eigenvalue weighted by molar-refractivity contribution is 7.92. The molecule has 0 saturated heterocycles. The molecular formula is C25H29Cl2NO6S. The molecule has 2 aromatic rings. The van der Waals surface area contributed by atoms with E-state index in [1.807, 2.05) is 0 Å². The van der Waals surface area contributed by atoms with Crippen molar-refractivity contribution in [3.05, 3.63) is 58.1 Å². The van der Waals surface area contributed by atoms with Gasteiger partial charge in [0.05, 0.1) is 21.2 Å². The number of halogens is 2. The standard InChI is InChI=1S/C25H29Cl2NO6S/c1-15(2)20-9-7-16(3)11-23(20)34-24(29)14-33-25(30)17-5-4-6-19(12-17)35(31,32)28-22-13-18(26)8-10-21(22)27/h4-6,8,10,12-13,15-16,20,23,28H,7,9,11,14H2,1-3H3. The minimum Gasteiger partial charge on any atom is -0.460 e. The Morgan fingerprint density at radius 3 is 2.57 bits per heavy atom. The maximum atomic E-state index is 12.8. The van der Waals surface area contributed by atoms with E-state index in [2.05, 4.69) is 25.5 Å². The number of hydrogen-bond donors (Lipinski definition) is 1. The van der Waals surface area contributed by atoms with Crippen molar-refractivity contribution in [3.8, 4) is 0 Å². The lowest BCUT2D eigenvalue weighted by molar-refractivity contribution is -0.159. The van der Waals surface area contributed by atoms with Gasteiger partial charge in [0.25, 0.3) is 10.0 Å². The number of esters is 2. The molecule has 0 radical (unpaired) electrons. The molecule has 0 amide bonds. The molecule has 3 atom stereocenters. The van der Waals surface area contributed by atoms with E-state index < -0.39 is 28.6 Å². The van der Waals surface area contributed by atoms with E-state index in [0.717, 1.165) is 25.3 Å². The molecule has 7 nitrogen and oxygen atoms in total. The summed E-state index contributed by atoms with van der Waals surface area (Å²) in [6, 6.07) is 9.65. The summed E-state index contributed by atoms with van der Waals surface area (Å²) in [6.45, 7) is 5.80. The van der Waals surface area contributed by atoms with Crippen LogP contribution in [0.15, 0.2) is 47.4 Å². The van der Waals surface area contributed by atoms with E-state index in [0.29, 0.717) is 16.9 Å². The summed E-state index contributed by atoms with van der Waals surface area (Å²) in [5.41, 5.74) is 0.0795. The van der Waals surface area contributed by atoms with Gasteiger partial charge in [0.15, 0.2) is 6.61 Å². The third kappa shape index (κ3) is 7.35. The van der Waals surface area contributed by atoms with Gasteiger partial charge in [-0.25, -0.2) is 18.0 Å². The first-order valence-corrected chi connectivity index (χ1v) is 13.6. The average Bonchev–Trinajstić information content (AvgIpc) is 2.79. The number of carbonyl (C=O) groups excluding carboxylic acids is 2. The van der Waals surface area contributed by atoms with Gasteiger partial charge in [-0.15, -0.1) is 0 Å². The fourth-order valence-corrected chi connectivity index (χ4v) is 5.74. The highest BCUT2D eigenvalue weighted by Gasteiger charge is 2.33. The van der Waals surface area contributed by atoms with Crippen molar-refractivity contribution < 1.29 is 27.5 Å². The van der Waals surface area contributed by atoms with Crippen molar-refractivity contribution in [1.82, 2.24) is 0 Å².